The number of aliphatic carboxylic acids is 1. The van der Waals surface area contributed by atoms with Crippen LogP contribution < -0.4 is 0 Å². The Bertz CT molecular complexity index is 483. The molecule has 0 amide bonds. The van der Waals surface area contributed by atoms with Crippen LogP contribution in [0.2, 0.25) is 5.02 Å². The maximum Gasteiger partial charge on any atom is 0.310 e. The van der Waals surface area contributed by atoms with E-state index in [0.29, 0.717) is 23.7 Å². The van der Waals surface area contributed by atoms with Crippen LogP contribution in [0, 0.1) is 11.7 Å². The minimum atomic E-state index is -0.875. The van der Waals surface area contributed by atoms with Crippen LogP contribution in [-0.4, -0.2) is 42.3 Å². The number of nitrogens with zero attached hydrogens (tertiary/aromatic N) is 1. The normalized spacial score (nSPS) is 22.9. The van der Waals surface area contributed by atoms with E-state index in [1.807, 2.05) is 4.90 Å². The highest BCUT2D eigenvalue weighted by Crippen LogP contribution is 2.24. The number of carboxylic acids is 1. The third-order valence-electron chi connectivity index (χ3n) is 3.36. The Kier molecular flexibility index (Phi) is 4.39. The van der Waals surface area contributed by atoms with Gasteiger partial charge in [-0.05, 0) is 30.8 Å². The summed E-state index contributed by atoms with van der Waals surface area (Å²) in [6.07, 6.45) is 0. The van der Waals surface area contributed by atoms with Gasteiger partial charge in [-0.3, -0.25) is 9.69 Å². The lowest BCUT2D eigenvalue weighted by Crippen LogP contribution is -2.40. The molecule has 4 nitrogen and oxygen atoms in total. The number of carbonyl (C=O) groups is 1. The molecule has 1 fully saturated rings. The van der Waals surface area contributed by atoms with Crippen LogP contribution in [0.1, 0.15) is 5.56 Å². The summed E-state index contributed by atoms with van der Waals surface area (Å²) in [7, 11) is 1.79. The fourth-order valence-electron chi connectivity index (χ4n) is 2.26. The third kappa shape index (κ3) is 3.23. The Labute approximate surface area is 115 Å². The smallest absolute Gasteiger partial charge is 0.310 e. The van der Waals surface area contributed by atoms with Crippen molar-refractivity contribution in [1.82, 2.24) is 4.90 Å². The minimum absolute atomic E-state index is 0.210. The van der Waals surface area contributed by atoms with E-state index in [-0.39, 0.29) is 18.5 Å². The van der Waals surface area contributed by atoms with E-state index >= 15 is 0 Å². The van der Waals surface area contributed by atoms with E-state index < -0.39 is 11.9 Å². The maximum absolute atomic E-state index is 13.2. The molecule has 0 saturated carbocycles. The zero-order chi connectivity index (χ0) is 14.0. The second kappa shape index (κ2) is 5.86. The number of likely N-dealkylation sites (N-methyl/N-ethyl adjacent to an activating group) is 1. The highest BCUT2D eigenvalue weighted by molar-refractivity contribution is 6.31. The van der Waals surface area contributed by atoms with Gasteiger partial charge < -0.3 is 9.84 Å². The monoisotopic (exact) mass is 287 g/mol. The molecule has 1 saturated heterocycles. The summed E-state index contributed by atoms with van der Waals surface area (Å²) in [5.74, 6) is -1.79. The van der Waals surface area contributed by atoms with Crippen LogP contribution in [0.3, 0.4) is 0 Å². The summed E-state index contributed by atoms with van der Waals surface area (Å²) >= 11 is 6.01. The van der Waals surface area contributed by atoms with Crippen molar-refractivity contribution in [2.75, 3.05) is 20.3 Å². The Morgan fingerprint density at radius 3 is 3.00 bits per heavy atom. The SMILES string of the molecule is CN(Cc1cc(F)ccc1Cl)C1COCC1C(=O)O. The van der Waals surface area contributed by atoms with E-state index in [0.717, 1.165) is 0 Å². The Hall–Kier alpha value is -1.17. The molecule has 1 N–H and O–H groups in total. The summed E-state index contributed by atoms with van der Waals surface area (Å²) in [6, 6.07) is 3.94. The predicted octanol–water partition coefficient (Wildman–Crippen LogP) is 2.01. The summed E-state index contributed by atoms with van der Waals surface area (Å²) in [4.78, 5) is 12.9. The molecule has 104 valence electrons. The van der Waals surface area contributed by atoms with Gasteiger partial charge in [0.25, 0.3) is 0 Å². The fraction of sp³-hybridized carbons (Fsp3) is 0.462. The summed E-state index contributed by atoms with van der Waals surface area (Å²) in [5.41, 5.74) is 0.639. The quantitative estimate of drug-likeness (QED) is 0.920. The van der Waals surface area contributed by atoms with Gasteiger partial charge in [-0.1, -0.05) is 11.6 Å². The van der Waals surface area contributed by atoms with Crippen LogP contribution in [-0.2, 0) is 16.1 Å². The first kappa shape index (κ1) is 14.2. The van der Waals surface area contributed by atoms with Gasteiger partial charge in [-0.2, -0.15) is 0 Å². The molecule has 1 heterocycles. The Morgan fingerprint density at radius 1 is 1.58 bits per heavy atom. The van der Waals surface area contributed by atoms with E-state index in [4.69, 9.17) is 21.4 Å². The number of benzene rings is 1. The number of carboxylic acid groups (broad SMARTS) is 1. The van der Waals surface area contributed by atoms with Crippen LogP contribution in [0.5, 0.6) is 0 Å². The van der Waals surface area contributed by atoms with Crippen molar-refractivity contribution in [3.05, 3.63) is 34.6 Å². The number of hydrogen-bond donors (Lipinski definition) is 1. The summed E-state index contributed by atoms with van der Waals surface area (Å²) in [5, 5.41) is 9.58. The molecule has 0 aliphatic carbocycles. The first-order valence-corrected chi connectivity index (χ1v) is 6.31. The van der Waals surface area contributed by atoms with Gasteiger partial charge >= 0.3 is 5.97 Å². The molecule has 1 aromatic carbocycles. The minimum Gasteiger partial charge on any atom is -0.481 e. The highest BCUT2D eigenvalue weighted by atomic mass is 35.5. The molecule has 1 aliphatic rings. The molecule has 0 bridgehead atoms. The third-order valence-corrected chi connectivity index (χ3v) is 3.73. The lowest BCUT2D eigenvalue weighted by molar-refractivity contribution is -0.143. The average Bonchev–Trinajstić information content (AvgIpc) is 2.83. The lowest BCUT2D eigenvalue weighted by Gasteiger charge is -2.26. The van der Waals surface area contributed by atoms with Crippen LogP contribution in [0.4, 0.5) is 4.39 Å². The van der Waals surface area contributed by atoms with Crippen LogP contribution in [0.25, 0.3) is 0 Å². The average molecular weight is 288 g/mol. The molecule has 0 spiro atoms. The number of ether oxygens (including phenoxy) is 1. The molecular weight excluding hydrogens is 273 g/mol. The topological polar surface area (TPSA) is 49.8 Å². The zero-order valence-electron chi connectivity index (χ0n) is 10.5. The molecule has 0 radical (unpaired) electrons. The van der Waals surface area contributed by atoms with Crippen LogP contribution >= 0.6 is 11.6 Å². The second-order valence-electron chi connectivity index (χ2n) is 4.70. The van der Waals surface area contributed by atoms with Crippen molar-refractivity contribution in [2.45, 2.75) is 12.6 Å². The highest BCUT2D eigenvalue weighted by Gasteiger charge is 2.36. The molecular formula is C13H15ClFNO3. The Morgan fingerprint density at radius 2 is 2.32 bits per heavy atom. The maximum atomic E-state index is 13.2. The van der Waals surface area contributed by atoms with Crippen molar-refractivity contribution >= 4 is 17.6 Å². The van der Waals surface area contributed by atoms with Gasteiger partial charge in [0, 0.05) is 17.6 Å². The van der Waals surface area contributed by atoms with E-state index in [1.165, 1.54) is 18.2 Å². The lowest BCUT2D eigenvalue weighted by atomic mass is 10.0. The standard InChI is InChI=1S/C13H15ClFNO3/c1-16(12-7-19-6-10(12)13(17)18)5-8-4-9(15)2-3-11(8)14/h2-4,10,12H,5-7H2,1H3,(H,17,18). The van der Waals surface area contributed by atoms with Gasteiger partial charge in [0.2, 0.25) is 0 Å². The molecule has 0 aromatic heterocycles. The van der Waals surface area contributed by atoms with Gasteiger partial charge in [-0.25, -0.2) is 4.39 Å². The molecule has 1 aromatic rings. The largest absolute Gasteiger partial charge is 0.481 e. The molecule has 19 heavy (non-hydrogen) atoms. The van der Waals surface area contributed by atoms with Crippen molar-refractivity contribution in [1.29, 1.82) is 0 Å². The molecule has 2 atom stereocenters. The molecule has 2 rings (SSSR count). The second-order valence-corrected chi connectivity index (χ2v) is 5.11. The van der Waals surface area contributed by atoms with Gasteiger partial charge in [-0.15, -0.1) is 0 Å². The number of halogens is 2. The van der Waals surface area contributed by atoms with Gasteiger partial charge in [0.1, 0.15) is 5.82 Å². The van der Waals surface area contributed by atoms with E-state index in [9.17, 15) is 9.18 Å². The first-order chi connectivity index (χ1) is 8.99. The van der Waals surface area contributed by atoms with Crippen molar-refractivity contribution in [2.24, 2.45) is 5.92 Å². The summed E-state index contributed by atoms with van der Waals surface area (Å²) in [6.45, 7) is 0.954. The van der Waals surface area contributed by atoms with E-state index in [1.54, 1.807) is 7.05 Å². The number of rotatable bonds is 4. The van der Waals surface area contributed by atoms with Gasteiger partial charge in [0.15, 0.2) is 0 Å². The molecule has 6 heteroatoms. The molecule has 2 unspecified atom stereocenters. The number of hydrogen-bond acceptors (Lipinski definition) is 3. The first-order valence-electron chi connectivity index (χ1n) is 5.93. The molecule has 1 aliphatic heterocycles. The van der Waals surface area contributed by atoms with Crippen molar-refractivity contribution in [3.8, 4) is 0 Å². The zero-order valence-corrected chi connectivity index (χ0v) is 11.2. The van der Waals surface area contributed by atoms with Crippen molar-refractivity contribution in [3.63, 3.8) is 0 Å². The summed E-state index contributed by atoms with van der Waals surface area (Å²) < 4.78 is 18.4. The van der Waals surface area contributed by atoms with Gasteiger partial charge in [0.05, 0.1) is 19.1 Å². The van der Waals surface area contributed by atoms with Crippen LogP contribution in [0.15, 0.2) is 18.2 Å². The predicted molar refractivity (Wildman–Crippen MR) is 68.6 cm³/mol. The van der Waals surface area contributed by atoms with Crippen molar-refractivity contribution < 1.29 is 19.0 Å². The Balaban J connectivity index is 2.10. The van der Waals surface area contributed by atoms with E-state index in [2.05, 4.69) is 0 Å². The fourth-order valence-corrected chi connectivity index (χ4v) is 2.44.